The summed E-state index contributed by atoms with van der Waals surface area (Å²) in [7, 11) is 0. The summed E-state index contributed by atoms with van der Waals surface area (Å²) in [4.78, 5) is 11.7. The van der Waals surface area contributed by atoms with Crippen LogP contribution in [0.3, 0.4) is 0 Å². The van der Waals surface area contributed by atoms with Crippen LogP contribution in [0.4, 0.5) is 8.78 Å². The summed E-state index contributed by atoms with van der Waals surface area (Å²) in [5.41, 5.74) is -2.14. The Balaban J connectivity index is 1.70. The Kier molecular flexibility index (Phi) is 5.67. The van der Waals surface area contributed by atoms with Crippen molar-refractivity contribution in [2.45, 2.75) is 101 Å². The van der Waals surface area contributed by atoms with Gasteiger partial charge in [-0.1, -0.05) is 19.4 Å². The second kappa shape index (κ2) is 7.33. The Morgan fingerprint density at radius 3 is 2.18 bits per heavy atom. The van der Waals surface area contributed by atoms with Gasteiger partial charge in [-0.3, -0.25) is 0 Å². The van der Waals surface area contributed by atoms with E-state index in [9.17, 15) is 18.7 Å². The van der Waals surface area contributed by atoms with Crippen molar-refractivity contribution in [3.63, 3.8) is 0 Å². The molecule has 160 valence electrons. The minimum absolute atomic E-state index is 0.118. The van der Waals surface area contributed by atoms with Crippen molar-refractivity contribution in [3.8, 4) is 0 Å². The zero-order valence-corrected chi connectivity index (χ0v) is 17.1. The fraction of sp³-hybridized carbons (Fsp3) is 0.857. The van der Waals surface area contributed by atoms with Crippen molar-refractivity contribution in [1.29, 1.82) is 0 Å². The van der Waals surface area contributed by atoms with Crippen LogP contribution in [0, 0.1) is 5.92 Å². The minimum Gasteiger partial charge on any atom is -0.459 e. The molecule has 1 N–H and O–H groups in total. The summed E-state index contributed by atoms with van der Waals surface area (Å²) >= 11 is 0. The number of hydrogen-bond acceptors (Lipinski definition) is 5. The minimum atomic E-state index is -3.51. The molecule has 2 aliphatic carbocycles. The van der Waals surface area contributed by atoms with Crippen LogP contribution >= 0.6 is 0 Å². The maximum absolute atomic E-state index is 14.9. The molecule has 0 spiro atoms. The maximum Gasteiger partial charge on any atom is 0.333 e. The third-order valence-electron chi connectivity index (χ3n) is 6.79. The van der Waals surface area contributed by atoms with E-state index in [-0.39, 0.29) is 24.6 Å². The molecule has 2 unspecified atom stereocenters. The van der Waals surface area contributed by atoms with Gasteiger partial charge in [0.1, 0.15) is 6.10 Å². The van der Waals surface area contributed by atoms with Gasteiger partial charge in [0, 0.05) is 5.57 Å². The van der Waals surface area contributed by atoms with E-state index in [2.05, 4.69) is 6.58 Å². The van der Waals surface area contributed by atoms with Crippen molar-refractivity contribution < 1.29 is 32.9 Å². The largest absolute Gasteiger partial charge is 0.459 e. The lowest BCUT2D eigenvalue weighted by Gasteiger charge is -2.47. The summed E-state index contributed by atoms with van der Waals surface area (Å²) in [6, 6.07) is 0. The van der Waals surface area contributed by atoms with Gasteiger partial charge in [0.2, 0.25) is 5.79 Å². The summed E-state index contributed by atoms with van der Waals surface area (Å²) in [5.74, 6) is -6.31. The number of alkyl halides is 2. The molecule has 2 atom stereocenters. The molecule has 0 aromatic heterocycles. The molecule has 0 aromatic carbocycles. The SMILES string of the molecule is C=C(C)C(=O)OC1CCC(C2(OC3(C)COC(C)(O)C3(F)F)CCCC2)CC1. The number of ether oxygens (including phenoxy) is 3. The van der Waals surface area contributed by atoms with Crippen molar-refractivity contribution >= 4 is 5.97 Å². The van der Waals surface area contributed by atoms with E-state index < -0.39 is 22.9 Å². The van der Waals surface area contributed by atoms with E-state index in [4.69, 9.17) is 14.2 Å². The lowest BCUT2D eigenvalue weighted by atomic mass is 9.74. The van der Waals surface area contributed by atoms with Crippen LogP contribution in [-0.4, -0.2) is 46.7 Å². The van der Waals surface area contributed by atoms with Gasteiger partial charge in [-0.05, 0) is 65.2 Å². The lowest BCUT2D eigenvalue weighted by molar-refractivity contribution is -0.305. The first-order chi connectivity index (χ1) is 12.9. The van der Waals surface area contributed by atoms with E-state index in [1.807, 2.05) is 0 Å². The van der Waals surface area contributed by atoms with Gasteiger partial charge >= 0.3 is 11.9 Å². The van der Waals surface area contributed by atoms with Crippen LogP contribution in [0.5, 0.6) is 0 Å². The molecule has 0 aromatic rings. The maximum atomic E-state index is 14.9. The van der Waals surface area contributed by atoms with Crippen LogP contribution in [0.15, 0.2) is 12.2 Å². The monoisotopic (exact) mass is 402 g/mol. The van der Waals surface area contributed by atoms with Gasteiger partial charge in [-0.25, -0.2) is 4.79 Å². The van der Waals surface area contributed by atoms with Crippen molar-refractivity contribution in [1.82, 2.24) is 0 Å². The average molecular weight is 402 g/mol. The normalized spacial score (nSPS) is 39.6. The predicted octanol–water partition coefficient (Wildman–Crippen LogP) is 4.13. The first kappa shape index (κ1) is 21.7. The number of esters is 1. The highest BCUT2D eigenvalue weighted by Crippen LogP contribution is 2.54. The molecule has 1 saturated heterocycles. The standard InChI is InChI=1S/C21H32F2O5/c1-14(2)17(24)27-16-9-7-15(8-10-16)20(11-5-6-12-20)28-18(3)13-26-19(4,25)21(18,22)23/h15-16,25H,1,5-13H2,2-4H3. The van der Waals surface area contributed by atoms with Gasteiger partial charge in [-0.2, -0.15) is 8.78 Å². The van der Waals surface area contributed by atoms with Gasteiger partial charge in [-0.15, -0.1) is 0 Å². The highest BCUT2D eigenvalue weighted by atomic mass is 19.3. The van der Waals surface area contributed by atoms with Gasteiger partial charge in [0.15, 0.2) is 5.60 Å². The average Bonchev–Trinajstić information content (AvgIpc) is 3.14. The van der Waals surface area contributed by atoms with Crippen LogP contribution in [0.2, 0.25) is 0 Å². The fourth-order valence-electron chi connectivity index (χ4n) is 5.02. The van der Waals surface area contributed by atoms with E-state index >= 15 is 0 Å². The quantitative estimate of drug-likeness (QED) is 0.553. The molecule has 1 aliphatic heterocycles. The molecule has 3 fully saturated rings. The molecule has 1 heterocycles. The summed E-state index contributed by atoms with van der Waals surface area (Å²) in [6.07, 6.45) is 6.05. The number of carbonyl (C=O) groups is 1. The number of halogens is 2. The van der Waals surface area contributed by atoms with Gasteiger partial charge < -0.3 is 19.3 Å². The highest BCUT2D eigenvalue weighted by Gasteiger charge is 2.71. The summed E-state index contributed by atoms with van der Waals surface area (Å²) in [5, 5.41) is 9.98. The van der Waals surface area contributed by atoms with E-state index in [0.717, 1.165) is 45.4 Å². The molecule has 28 heavy (non-hydrogen) atoms. The number of aliphatic hydroxyl groups is 1. The number of carbonyl (C=O) groups excluding carboxylic acids is 1. The zero-order valence-electron chi connectivity index (χ0n) is 17.1. The molecule has 0 bridgehead atoms. The molecule has 3 aliphatic rings. The molecular weight excluding hydrogens is 370 g/mol. The molecular formula is C21H32F2O5. The van der Waals surface area contributed by atoms with E-state index in [1.165, 1.54) is 6.92 Å². The first-order valence-corrected chi connectivity index (χ1v) is 10.2. The Bertz CT molecular complexity index is 618. The lowest BCUT2D eigenvalue weighted by Crippen LogP contribution is -2.59. The topological polar surface area (TPSA) is 65.0 Å². The Morgan fingerprint density at radius 1 is 1.14 bits per heavy atom. The number of rotatable bonds is 5. The fourth-order valence-corrected chi connectivity index (χ4v) is 5.02. The summed E-state index contributed by atoms with van der Waals surface area (Å²) in [6.45, 7) is 7.21. The van der Waals surface area contributed by atoms with Crippen molar-refractivity contribution in [2.75, 3.05) is 6.61 Å². The predicted molar refractivity (Wildman–Crippen MR) is 98.9 cm³/mol. The van der Waals surface area contributed by atoms with Crippen LogP contribution in [-0.2, 0) is 19.0 Å². The molecule has 0 amide bonds. The van der Waals surface area contributed by atoms with Crippen LogP contribution in [0.1, 0.15) is 72.1 Å². The Labute approximate surface area is 165 Å². The van der Waals surface area contributed by atoms with Crippen molar-refractivity contribution in [2.24, 2.45) is 5.92 Å². The van der Waals surface area contributed by atoms with Gasteiger partial charge in [0.25, 0.3) is 0 Å². The second-order valence-corrected chi connectivity index (χ2v) is 9.11. The van der Waals surface area contributed by atoms with E-state index in [1.54, 1.807) is 6.92 Å². The number of hydrogen-bond donors (Lipinski definition) is 1. The second-order valence-electron chi connectivity index (χ2n) is 9.11. The zero-order chi connectivity index (χ0) is 20.8. The Hall–Kier alpha value is -1.05. The molecule has 0 radical (unpaired) electrons. The molecule has 7 heteroatoms. The van der Waals surface area contributed by atoms with Crippen molar-refractivity contribution in [3.05, 3.63) is 12.2 Å². The molecule has 3 rings (SSSR count). The third kappa shape index (κ3) is 3.61. The first-order valence-electron chi connectivity index (χ1n) is 10.2. The Morgan fingerprint density at radius 2 is 1.71 bits per heavy atom. The van der Waals surface area contributed by atoms with Crippen LogP contribution < -0.4 is 0 Å². The highest BCUT2D eigenvalue weighted by molar-refractivity contribution is 5.87. The van der Waals surface area contributed by atoms with E-state index in [0.29, 0.717) is 18.4 Å². The van der Waals surface area contributed by atoms with Gasteiger partial charge in [0.05, 0.1) is 12.2 Å². The van der Waals surface area contributed by atoms with Crippen LogP contribution in [0.25, 0.3) is 0 Å². The molecule has 2 saturated carbocycles. The third-order valence-corrected chi connectivity index (χ3v) is 6.79. The molecule has 5 nitrogen and oxygen atoms in total. The summed E-state index contributed by atoms with van der Waals surface area (Å²) < 4.78 is 46.5. The smallest absolute Gasteiger partial charge is 0.333 e.